The van der Waals surface area contributed by atoms with Gasteiger partial charge in [-0.1, -0.05) is 172 Å². The van der Waals surface area contributed by atoms with Gasteiger partial charge in [-0.15, -0.1) is 0 Å². The SMILES string of the molecule is CC1(C)c2ccc([Si](c3ccccc3)(c3ccccc3)c3cccc(-c4ccccn4)c3)cc2N(c2ccccn2)c2c1ccc1c3ccccc3n(-c3ccccc3)c21. The molecule has 0 amide bonds. The minimum Gasteiger partial charge on any atom is -0.307 e. The molecule has 0 saturated heterocycles. The number of hydrogen-bond donors (Lipinski definition) is 0. The van der Waals surface area contributed by atoms with Gasteiger partial charge >= 0.3 is 0 Å². The number of fused-ring (bicyclic) bond motifs is 6. The van der Waals surface area contributed by atoms with Gasteiger partial charge in [-0.05, 0) is 80.4 Å². The molecule has 0 saturated carbocycles. The van der Waals surface area contributed by atoms with E-state index in [0.29, 0.717) is 0 Å². The molecule has 7 aromatic carbocycles. The van der Waals surface area contributed by atoms with Gasteiger partial charge < -0.3 is 4.57 Å². The van der Waals surface area contributed by atoms with E-state index in [9.17, 15) is 0 Å². The Morgan fingerprint density at radius 3 is 1.78 bits per heavy atom. The van der Waals surface area contributed by atoms with Crippen LogP contribution in [0.25, 0.3) is 38.8 Å². The number of benzene rings is 7. The fourth-order valence-electron chi connectivity index (χ4n) is 9.91. The minimum atomic E-state index is -3.02. The second-order valence-corrected chi connectivity index (χ2v) is 20.0. The number of rotatable bonds is 7. The molecule has 1 aliphatic rings. The molecule has 0 bridgehead atoms. The van der Waals surface area contributed by atoms with E-state index in [1.165, 1.54) is 53.7 Å². The van der Waals surface area contributed by atoms with Crippen molar-refractivity contribution in [2.45, 2.75) is 19.3 Å². The largest absolute Gasteiger partial charge is 0.307 e. The lowest BCUT2D eigenvalue weighted by atomic mass is 9.73. The van der Waals surface area contributed by atoms with E-state index < -0.39 is 8.07 Å². The van der Waals surface area contributed by atoms with Gasteiger partial charge in [0.05, 0.1) is 28.1 Å². The van der Waals surface area contributed by atoms with E-state index in [1.807, 2.05) is 24.5 Å². The smallest absolute Gasteiger partial charge is 0.179 e. The summed E-state index contributed by atoms with van der Waals surface area (Å²) in [6.07, 6.45) is 3.80. The highest BCUT2D eigenvalue weighted by molar-refractivity contribution is 7.20. The summed E-state index contributed by atoms with van der Waals surface area (Å²) in [5.74, 6) is 0.883. The fraction of sp³-hybridized carbons (Fsp3) is 0.0545. The highest BCUT2D eigenvalue weighted by Gasteiger charge is 2.45. The molecule has 4 heterocycles. The Morgan fingerprint density at radius 1 is 0.467 bits per heavy atom. The normalized spacial score (nSPS) is 13.3. The monoisotopic (exact) mass is 786 g/mol. The van der Waals surface area contributed by atoms with Gasteiger partial charge in [0.25, 0.3) is 0 Å². The lowest BCUT2D eigenvalue weighted by molar-refractivity contribution is 0.632. The molecule has 0 fully saturated rings. The molecule has 286 valence electrons. The molecule has 60 heavy (non-hydrogen) atoms. The molecule has 4 nitrogen and oxygen atoms in total. The summed E-state index contributed by atoms with van der Waals surface area (Å²) < 4.78 is 2.46. The van der Waals surface area contributed by atoms with Gasteiger partial charge in [0.1, 0.15) is 5.82 Å². The predicted molar refractivity (Wildman–Crippen MR) is 252 cm³/mol. The first-order chi connectivity index (χ1) is 29.5. The summed E-state index contributed by atoms with van der Waals surface area (Å²) in [5.41, 5.74) is 10.0. The quantitative estimate of drug-likeness (QED) is 0.119. The van der Waals surface area contributed by atoms with Gasteiger partial charge in [0.2, 0.25) is 0 Å². The number of aromatic nitrogens is 3. The van der Waals surface area contributed by atoms with Crippen molar-refractivity contribution in [2.75, 3.05) is 4.90 Å². The maximum Gasteiger partial charge on any atom is 0.179 e. The zero-order chi connectivity index (χ0) is 40.3. The first-order valence-electron chi connectivity index (χ1n) is 20.7. The Hall–Kier alpha value is -7.34. The molecule has 1 aliphatic heterocycles. The van der Waals surface area contributed by atoms with Crippen LogP contribution in [0.5, 0.6) is 0 Å². The van der Waals surface area contributed by atoms with Crippen molar-refractivity contribution >= 4 is 67.8 Å². The fourth-order valence-corrected chi connectivity index (χ4v) is 14.7. The zero-order valence-electron chi connectivity index (χ0n) is 33.6. The Bertz CT molecular complexity index is 3120. The van der Waals surface area contributed by atoms with Crippen LogP contribution < -0.4 is 25.6 Å². The van der Waals surface area contributed by atoms with Crippen molar-refractivity contribution < 1.29 is 0 Å². The summed E-state index contributed by atoms with van der Waals surface area (Å²) in [5, 5.41) is 7.68. The van der Waals surface area contributed by atoms with E-state index in [-0.39, 0.29) is 5.41 Å². The Kier molecular flexibility index (Phi) is 8.46. The van der Waals surface area contributed by atoms with Crippen LogP contribution in [-0.2, 0) is 5.41 Å². The van der Waals surface area contributed by atoms with Crippen molar-refractivity contribution in [3.8, 4) is 16.9 Å². The lowest BCUT2D eigenvalue weighted by Gasteiger charge is -2.43. The van der Waals surface area contributed by atoms with Gasteiger partial charge in [0, 0.05) is 39.8 Å². The first-order valence-corrected chi connectivity index (χ1v) is 22.7. The van der Waals surface area contributed by atoms with Crippen molar-refractivity contribution in [3.05, 3.63) is 230 Å². The summed E-state index contributed by atoms with van der Waals surface area (Å²) in [6.45, 7) is 4.77. The molecule has 0 radical (unpaired) electrons. The summed E-state index contributed by atoms with van der Waals surface area (Å²) in [6, 6.07) is 75.6. The highest BCUT2D eigenvalue weighted by Crippen LogP contribution is 2.55. The van der Waals surface area contributed by atoms with Crippen LogP contribution in [0.2, 0.25) is 0 Å². The molecule has 11 rings (SSSR count). The van der Waals surface area contributed by atoms with Crippen molar-refractivity contribution in [3.63, 3.8) is 0 Å². The highest BCUT2D eigenvalue weighted by atomic mass is 28.3. The minimum absolute atomic E-state index is 0.344. The Morgan fingerprint density at radius 2 is 1.08 bits per heavy atom. The van der Waals surface area contributed by atoms with Crippen LogP contribution in [0.3, 0.4) is 0 Å². The third-order valence-electron chi connectivity index (χ3n) is 12.6. The topological polar surface area (TPSA) is 34.0 Å². The molecule has 0 aliphatic carbocycles. The lowest BCUT2D eigenvalue weighted by Crippen LogP contribution is -2.74. The van der Waals surface area contributed by atoms with Gasteiger partial charge in [-0.25, -0.2) is 4.98 Å². The van der Waals surface area contributed by atoms with E-state index in [2.05, 4.69) is 217 Å². The van der Waals surface area contributed by atoms with Crippen molar-refractivity contribution in [1.82, 2.24) is 14.5 Å². The standard InChI is InChI=1S/C55H42N4Si/c1-55(2)47-33-31-44(60(41-22-8-4-9-23-41,42-24-10-5-11-25-42)43-26-18-19-39(37-43)49-28-14-16-35-56-49)38-51(47)59(52-30-15-17-36-57-52)54-48(55)34-32-46-45-27-12-13-29-50(45)58(53(46)54)40-20-6-3-7-21-40/h3-38H,1-2H3. The van der Waals surface area contributed by atoms with Crippen LogP contribution in [0.1, 0.15) is 25.0 Å². The van der Waals surface area contributed by atoms with Crippen LogP contribution >= 0.6 is 0 Å². The van der Waals surface area contributed by atoms with Crippen LogP contribution in [0.4, 0.5) is 17.2 Å². The predicted octanol–water partition coefficient (Wildman–Crippen LogP) is 10.7. The number of nitrogens with zero attached hydrogens (tertiary/aromatic N) is 4. The van der Waals surface area contributed by atoms with Gasteiger partial charge in [0.15, 0.2) is 8.07 Å². The van der Waals surface area contributed by atoms with Crippen molar-refractivity contribution in [2.24, 2.45) is 0 Å². The average Bonchev–Trinajstić information content (AvgIpc) is 3.66. The van der Waals surface area contributed by atoms with Crippen LogP contribution in [0.15, 0.2) is 219 Å². The average molecular weight is 787 g/mol. The van der Waals surface area contributed by atoms with Crippen LogP contribution in [0, 0.1) is 0 Å². The van der Waals surface area contributed by atoms with Crippen LogP contribution in [-0.4, -0.2) is 22.6 Å². The molecular formula is C55H42N4Si. The van der Waals surface area contributed by atoms with E-state index in [4.69, 9.17) is 9.97 Å². The third-order valence-corrected chi connectivity index (χ3v) is 17.4. The molecule has 5 heteroatoms. The Balaban J connectivity index is 1.26. The number of para-hydroxylation sites is 2. The number of hydrogen-bond acceptors (Lipinski definition) is 3. The molecular weight excluding hydrogens is 745 g/mol. The summed E-state index contributed by atoms with van der Waals surface area (Å²) >= 11 is 0. The molecule has 3 aromatic heterocycles. The number of anilines is 3. The van der Waals surface area contributed by atoms with Gasteiger partial charge in [-0.2, -0.15) is 0 Å². The maximum absolute atomic E-state index is 5.14. The second kappa shape index (κ2) is 14.2. The third kappa shape index (κ3) is 5.43. The van der Waals surface area contributed by atoms with E-state index in [0.717, 1.165) is 34.1 Å². The molecule has 0 N–H and O–H groups in total. The van der Waals surface area contributed by atoms with E-state index >= 15 is 0 Å². The molecule has 0 unspecified atom stereocenters. The number of pyridine rings is 2. The molecule has 10 aromatic rings. The van der Waals surface area contributed by atoms with Gasteiger partial charge in [-0.3, -0.25) is 9.88 Å². The molecule has 0 atom stereocenters. The summed E-state index contributed by atoms with van der Waals surface area (Å²) in [7, 11) is -3.02. The maximum atomic E-state index is 5.14. The van der Waals surface area contributed by atoms with Crippen molar-refractivity contribution in [1.29, 1.82) is 0 Å². The summed E-state index contributed by atoms with van der Waals surface area (Å²) in [4.78, 5) is 12.4. The van der Waals surface area contributed by atoms with E-state index in [1.54, 1.807) is 0 Å². The first kappa shape index (κ1) is 35.8. The zero-order valence-corrected chi connectivity index (χ0v) is 34.6. The molecule has 0 spiro atoms. The second-order valence-electron chi connectivity index (χ2n) is 16.2. The Labute approximate surface area is 351 Å².